The lowest BCUT2D eigenvalue weighted by Crippen LogP contribution is -2.13. The van der Waals surface area contributed by atoms with Gasteiger partial charge in [-0.3, -0.25) is 10.1 Å². The van der Waals surface area contributed by atoms with Gasteiger partial charge in [0.25, 0.3) is 5.69 Å². The van der Waals surface area contributed by atoms with Crippen LogP contribution in [0.1, 0.15) is 17.0 Å². The Morgan fingerprint density at radius 1 is 1.39 bits per heavy atom. The highest BCUT2D eigenvalue weighted by atomic mass is 16.6. The molecule has 1 N–H and O–H groups in total. The fourth-order valence-corrected chi connectivity index (χ4v) is 1.52. The summed E-state index contributed by atoms with van der Waals surface area (Å²) in [4.78, 5) is 10.2. The monoisotopic (exact) mass is 248 g/mol. The number of aromatic nitrogens is 2. The van der Waals surface area contributed by atoms with Gasteiger partial charge >= 0.3 is 0 Å². The van der Waals surface area contributed by atoms with Crippen LogP contribution < -0.4 is 5.32 Å². The molecule has 0 unspecified atom stereocenters. The first kappa shape index (κ1) is 12.2. The minimum atomic E-state index is -0.408. The molecule has 0 spiro atoms. The Kier molecular flexibility index (Phi) is 3.63. The molecule has 1 aromatic carbocycles. The first-order valence-corrected chi connectivity index (χ1v) is 5.39. The lowest BCUT2D eigenvalue weighted by atomic mass is 10.2. The first-order chi connectivity index (χ1) is 8.66. The van der Waals surface area contributed by atoms with Gasteiger partial charge in [-0.2, -0.15) is 0 Å². The molecule has 2 rings (SSSR count). The Morgan fingerprint density at radius 3 is 2.89 bits per heavy atom. The second-order valence-corrected chi connectivity index (χ2v) is 3.83. The van der Waals surface area contributed by atoms with Crippen molar-refractivity contribution in [3.05, 3.63) is 51.3 Å². The smallest absolute Gasteiger partial charge is 0.269 e. The van der Waals surface area contributed by atoms with E-state index in [-0.39, 0.29) is 5.69 Å². The number of hydrogen-bond acceptors (Lipinski definition) is 6. The zero-order chi connectivity index (χ0) is 13.0. The first-order valence-electron chi connectivity index (χ1n) is 5.39. The summed E-state index contributed by atoms with van der Waals surface area (Å²) >= 11 is 0. The molecule has 0 saturated heterocycles. The molecule has 0 atom stereocenters. The number of nitro benzene ring substituents is 1. The third kappa shape index (κ3) is 2.89. The molecular formula is C11H12N4O3. The van der Waals surface area contributed by atoms with Gasteiger partial charge in [0.15, 0.2) is 0 Å². The highest BCUT2D eigenvalue weighted by Crippen LogP contribution is 2.12. The molecular weight excluding hydrogens is 236 g/mol. The van der Waals surface area contributed by atoms with Gasteiger partial charge in [-0.15, -0.1) is 0 Å². The van der Waals surface area contributed by atoms with Crippen LogP contribution in [0, 0.1) is 17.0 Å². The summed E-state index contributed by atoms with van der Waals surface area (Å²) in [6.07, 6.45) is 0. The average Bonchev–Trinajstić information content (AvgIpc) is 2.76. The number of nitrogens with one attached hydrogen (secondary N) is 1. The van der Waals surface area contributed by atoms with Crippen molar-refractivity contribution in [2.24, 2.45) is 0 Å². The van der Waals surface area contributed by atoms with Crippen LogP contribution in [0.4, 0.5) is 5.69 Å². The summed E-state index contributed by atoms with van der Waals surface area (Å²) in [6.45, 7) is 2.84. The van der Waals surface area contributed by atoms with Crippen molar-refractivity contribution in [1.82, 2.24) is 15.6 Å². The third-order valence-electron chi connectivity index (χ3n) is 2.49. The van der Waals surface area contributed by atoms with Crippen molar-refractivity contribution in [3.63, 3.8) is 0 Å². The average molecular weight is 248 g/mol. The van der Waals surface area contributed by atoms with E-state index in [9.17, 15) is 10.1 Å². The summed E-state index contributed by atoms with van der Waals surface area (Å²) < 4.78 is 4.57. The van der Waals surface area contributed by atoms with Crippen LogP contribution in [0.5, 0.6) is 0 Å². The zero-order valence-electron chi connectivity index (χ0n) is 9.79. The van der Waals surface area contributed by atoms with Gasteiger partial charge < -0.3 is 5.32 Å². The highest BCUT2D eigenvalue weighted by molar-refractivity contribution is 5.34. The number of hydrogen-bond donors (Lipinski definition) is 1. The SMILES string of the molecule is Cc1nonc1CNCc1cccc([N+](=O)[O-])c1. The van der Waals surface area contributed by atoms with Crippen molar-refractivity contribution < 1.29 is 9.55 Å². The van der Waals surface area contributed by atoms with E-state index in [1.165, 1.54) is 6.07 Å². The van der Waals surface area contributed by atoms with Gasteiger partial charge in [0, 0.05) is 25.2 Å². The molecule has 1 heterocycles. The van der Waals surface area contributed by atoms with Crippen LogP contribution in [-0.2, 0) is 13.1 Å². The fourth-order valence-electron chi connectivity index (χ4n) is 1.52. The van der Waals surface area contributed by atoms with Gasteiger partial charge in [0.05, 0.1) is 4.92 Å². The Morgan fingerprint density at radius 2 is 2.22 bits per heavy atom. The van der Waals surface area contributed by atoms with Gasteiger partial charge in [-0.1, -0.05) is 22.4 Å². The molecule has 0 amide bonds. The van der Waals surface area contributed by atoms with Gasteiger partial charge in [0.1, 0.15) is 11.4 Å². The number of aryl methyl sites for hydroxylation is 1. The quantitative estimate of drug-likeness (QED) is 0.637. The molecule has 7 heteroatoms. The maximum absolute atomic E-state index is 10.6. The van der Waals surface area contributed by atoms with E-state index < -0.39 is 4.92 Å². The summed E-state index contributed by atoms with van der Waals surface area (Å²) in [7, 11) is 0. The minimum absolute atomic E-state index is 0.0913. The van der Waals surface area contributed by atoms with E-state index in [4.69, 9.17) is 0 Å². The summed E-state index contributed by atoms with van der Waals surface area (Å²) in [6, 6.07) is 6.50. The van der Waals surface area contributed by atoms with E-state index >= 15 is 0 Å². The van der Waals surface area contributed by atoms with Crippen LogP contribution in [0.15, 0.2) is 28.9 Å². The van der Waals surface area contributed by atoms with Crippen LogP contribution in [0.2, 0.25) is 0 Å². The molecule has 0 radical (unpaired) electrons. The van der Waals surface area contributed by atoms with Gasteiger partial charge in [-0.05, 0) is 12.5 Å². The highest BCUT2D eigenvalue weighted by Gasteiger charge is 2.07. The van der Waals surface area contributed by atoms with Crippen LogP contribution in [-0.4, -0.2) is 15.2 Å². The van der Waals surface area contributed by atoms with Crippen LogP contribution in [0.3, 0.4) is 0 Å². The predicted molar refractivity (Wildman–Crippen MR) is 62.7 cm³/mol. The van der Waals surface area contributed by atoms with Crippen LogP contribution >= 0.6 is 0 Å². The van der Waals surface area contributed by atoms with Crippen molar-refractivity contribution in [2.75, 3.05) is 0 Å². The largest absolute Gasteiger partial charge is 0.307 e. The van der Waals surface area contributed by atoms with Crippen LogP contribution in [0.25, 0.3) is 0 Å². The normalized spacial score (nSPS) is 10.5. The molecule has 0 aliphatic rings. The van der Waals surface area contributed by atoms with Gasteiger partial charge in [-0.25, -0.2) is 4.63 Å². The minimum Gasteiger partial charge on any atom is -0.307 e. The van der Waals surface area contributed by atoms with E-state index in [2.05, 4.69) is 20.3 Å². The fraction of sp³-hybridized carbons (Fsp3) is 0.273. The lowest BCUT2D eigenvalue weighted by molar-refractivity contribution is -0.384. The second-order valence-electron chi connectivity index (χ2n) is 3.83. The summed E-state index contributed by atoms with van der Waals surface area (Å²) in [5.41, 5.74) is 2.41. The molecule has 2 aromatic rings. The molecule has 7 nitrogen and oxygen atoms in total. The summed E-state index contributed by atoms with van der Waals surface area (Å²) in [5, 5.41) is 21.1. The third-order valence-corrected chi connectivity index (χ3v) is 2.49. The number of nitrogens with zero attached hydrogens (tertiary/aromatic N) is 3. The lowest BCUT2D eigenvalue weighted by Gasteiger charge is -2.02. The van der Waals surface area contributed by atoms with E-state index in [1.54, 1.807) is 19.1 Å². The van der Waals surface area contributed by atoms with Crippen molar-refractivity contribution in [3.8, 4) is 0 Å². The van der Waals surface area contributed by atoms with E-state index in [0.29, 0.717) is 13.1 Å². The summed E-state index contributed by atoms with van der Waals surface area (Å²) in [5.74, 6) is 0. The number of non-ortho nitro benzene ring substituents is 1. The Balaban J connectivity index is 1.92. The molecule has 0 aliphatic heterocycles. The maximum Gasteiger partial charge on any atom is 0.269 e. The number of rotatable bonds is 5. The van der Waals surface area contributed by atoms with E-state index in [1.807, 2.05) is 6.07 Å². The molecule has 94 valence electrons. The van der Waals surface area contributed by atoms with Crippen molar-refractivity contribution >= 4 is 5.69 Å². The Bertz CT molecular complexity index is 553. The molecule has 0 saturated carbocycles. The zero-order valence-corrected chi connectivity index (χ0v) is 9.79. The standard InChI is InChI=1S/C11H12N4O3/c1-8-11(14-18-13-8)7-12-6-9-3-2-4-10(5-9)15(16)17/h2-5,12H,6-7H2,1H3. The Hall–Kier alpha value is -2.28. The molecule has 0 bridgehead atoms. The molecule has 18 heavy (non-hydrogen) atoms. The predicted octanol–water partition coefficient (Wildman–Crippen LogP) is 1.58. The number of benzene rings is 1. The Labute approximate surface area is 103 Å². The van der Waals surface area contributed by atoms with Gasteiger partial charge in [0.2, 0.25) is 0 Å². The van der Waals surface area contributed by atoms with E-state index in [0.717, 1.165) is 17.0 Å². The maximum atomic E-state index is 10.6. The van der Waals surface area contributed by atoms with Crippen molar-refractivity contribution in [2.45, 2.75) is 20.0 Å². The second kappa shape index (κ2) is 5.37. The van der Waals surface area contributed by atoms with Crippen molar-refractivity contribution in [1.29, 1.82) is 0 Å². The molecule has 0 fully saturated rings. The molecule has 0 aliphatic carbocycles. The topological polar surface area (TPSA) is 94.1 Å². The molecule has 1 aromatic heterocycles. The number of nitro groups is 1.